The molecule has 6 aromatic carbocycles. The van der Waals surface area contributed by atoms with E-state index >= 15 is 0 Å². The number of allylic oxidation sites excluding steroid dienone is 3. The van der Waals surface area contributed by atoms with Gasteiger partial charge < -0.3 is 74.6 Å². The van der Waals surface area contributed by atoms with Crippen molar-refractivity contribution in [2.24, 2.45) is 50.5 Å². The first-order chi connectivity index (χ1) is 70.3. The van der Waals surface area contributed by atoms with Gasteiger partial charge in [-0.15, -0.1) is 0 Å². The summed E-state index contributed by atoms with van der Waals surface area (Å²) in [5, 5.41) is 24.3. The van der Waals surface area contributed by atoms with Crippen molar-refractivity contribution < 1.29 is 66.1 Å². The number of amides is 7. The van der Waals surface area contributed by atoms with Crippen molar-refractivity contribution in [1.29, 1.82) is 0 Å². The van der Waals surface area contributed by atoms with Gasteiger partial charge in [0.1, 0.15) is 60.7 Å². The highest BCUT2D eigenvalue weighted by atomic mass is 35.5. The molecule has 6 saturated heterocycles. The van der Waals surface area contributed by atoms with Crippen LogP contribution >= 0.6 is 105 Å². The third-order valence-electron chi connectivity index (χ3n) is 30.1. The molecule has 0 saturated carbocycles. The number of carboxylic acid groups (broad SMARTS) is 1. The number of alkyl carbamates (subject to hydrolysis) is 2. The van der Waals surface area contributed by atoms with E-state index in [1.165, 1.54) is 35.3 Å². The normalized spacial score (nSPS) is 28.0. The Bertz CT molecular complexity index is 6200. The van der Waals surface area contributed by atoms with Crippen LogP contribution in [0.2, 0.25) is 30.1 Å². The number of ether oxygens (including phenoxy) is 2. The number of benzene rings is 6. The molecular formula is C111H136Cl6F3N15O11S3. The van der Waals surface area contributed by atoms with Crippen LogP contribution in [0.5, 0.6) is 0 Å². The lowest BCUT2D eigenvalue weighted by Gasteiger charge is -2.37. The molecule has 12 heterocycles. The van der Waals surface area contributed by atoms with Crippen LogP contribution in [-0.4, -0.2) is 251 Å². The summed E-state index contributed by atoms with van der Waals surface area (Å²) in [6.45, 7) is 36.1. The largest absolute Gasteiger partial charge is 0.480 e. The van der Waals surface area contributed by atoms with Gasteiger partial charge in [0, 0.05) is 128 Å². The average Bonchev–Trinajstić information content (AvgIpc) is 1.56. The standard InChI is InChI=1S/C38H46Cl2FN5O4S.C35H42Cl2FN5O2S.C28H29Cl2N3O3S.C10H19FN2O2/c1-21(2)30-31(51-35-43-38(7,25-11-15-27(40)16-12-25)32(46(30)35)23-9-13-26(39)14-10-23)34(48)45-22(3)8-17-29(45)33(47)44-19-24(18-41)28(20-44)42-36(49)50-37(4,5)6;1-20(2)29-30(33(45)42-21(3)7-16-27(42)32(44)41-18-23(17-38)28(19-41)40(5)6)46-34-39-35(4,24-10-14-26(37)15-11-24)31(43(29)34)22-8-12-25(36)13-9-22;1-15(2)22-23(25(34)32-16(3)5-14-21(32)26(35)36)37-27-31-28(4,18-8-12-20(30)13-9-18)24(33(22)27)17-6-10-19(29)11-7-17;1-10(2,3)15-9(14)13-8-6-12-5-7(8)4-11/h9-16,21-22,24,28-29,32H,8,17-20H2,1-7H3,(H,42,49);8-15,20-21,23,27-28,31H,7,16-19H2,1-6H3;6-13,15-16,21,24H,5,14H2,1-4H3,(H,35,36);7-8,12H,4-6H2,1-3H3,(H,13,14)/t22-,24-,28-,29+,32-,38+;21-,23-,27+,28-,31-,35+;16-,21+,24-,28+;7-,8-/m1111/s1. The predicted octanol–water partition coefficient (Wildman–Crippen LogP) is 22.7. The third kappa shape index (κ3) is 23.7. The van der Waals surface area contributed by atoms with Crippen molar-refractivity contribution in [2.75, 3.05) is 73.4 Å². The Balaban J connectivity index is 0.000000157. The molecule has 26 nitrogen and oxygen atoms in total. The molecule has 6 fully saturated rings. The Morgan fingerprint density at radius 1 is 0.423 bits per heavy atom. The number of carbonyl (C=O) groups is 8. The number of fused-ring (bicyclic) bond motifs is 3. The summed E-state index contributed by atoms with van der Waals surface area (Å²) >= 11 is 41.7. The zero-order chi connectivity index (χ0) is 108. The number of thioether (sulfide) groups is 3. The van der Waals surface area contributed by atoms with E-state index < -0.39 is 96.1 Å². The van der Waals surface area contributed by atoms with Crippen molar-refractivity contribution in [3.8, 4) is 0 Å². The highest BCUT2D eigenvalue weighted by molar-refractivity contribution is 8.18. The number of likely N-dealkylation sites (N-methyl/N-ethyl adjacent to an activating group) is 1. The Morgan fingerprint density at radius 2 is 0.711 bits per heavy atom. The molecule has 7 amide bonds. The van der Waals surface area contributed by atoms with Crippen molar-refractivity contribution in [1.82, 2.24) is 60.0 Å². The maximum absolute atomic E-state index is 14.8. The lowest BCUT2D eigenvalue weighted by Crippen LogP contribution is -2.50. The van der Waals surface area contributed by atoms with E-state index in [1.54, 1.807) is 66.0 Å². The predicted molar refractivity (Wildman–Crippen MR) is 589 cm³/mol. The molecule has 18 rings (SSSR count). The summed E-state index contributed by atoms with van der Waals surface area (Å²) < 4.78 is 51.1. The summed E-state index contributed by atoms with van der Waals surface area (Å²) in [5.74, 6) is -2.85. The van der Waals surface area contributed by atoms with Crippen LogP contribution in [-0.2, 0) is 54.9 Å². The fourth-order valence-corrected chi connectivity index (χ4v) is 27.6. The second-order valence-electron chi connectivity index (χ2n) is 44.3. The van der Waals surface area contributed by atoms with Gasteiger partial charge in [0.15, 0.2) is 15.5 Å². The number of aliphatic imine (C=N–C) groups is 3. The number of rotatable bonds is 21. The summed E-state index contributed by atoms with van der Waals surface area (Å²) in [6, 6.07) is 42.5. The minimum absolute atomic E-state index is 0.00155. The van der Waals surface area contributed by atoms with Gasteiger partial charge in [0.05, 0.1) is 50.2 Å². The smallest absolute Gasteiger partial charge is 0.407 e. The lowest BCUT2D eigenvalue weighted by molar-refractivity contribution is -0.147. The minimum atomic E-state index is -0.959. The summed E-state index contributed by atoms with van der Waals surface area (Å²) in [7, 11) is 3.85. The number of aliphatic carboxylic acids is 1. The molecule has 0 radical (unpaired) electrons. The zero-order valence-corrected chi connectivity index (χ0v) is 94.9. The molecule has 38 heteroatoms. The number of amidine groups is 3. The van der Waals surface area contributed by atoms with Gasteiger partial charge in [0.25, 0.3) is 17.7 Å². The maximum Gasteiger partial charge on any atom is 0.407 e. The van der Waals surface area contributed by atoms with E-state index in [0.29, 0.717) is 103 Å². The minimum Gasteiger partial charge on any atom is -0.480 e. The van der Waals surface area contributed by atoms with Gasteiger partial charge in [-0.3, -0.25) is 37.1 Å². The van der Waals surface area contributed by atoms with Crippen LogP contribution in [0.15, 0.2) is 192 Å². The van der Waals surface area contributed by atoms with Crippen LogP contribution in [0.1, 0.15) is 215 Å². The fourth-order valence-electron chi connectivity index (χ4n) is 22.8. The van der Waals surface area contributed by atoms with Crippen molar-refractivity contribution >= 4 is 168 Å². The Kier molecular flexibility index (Phi) is 35.3. The lowest BCUT2D eigenvalue weighted by atomic mass is 9.81. The van der Waals surface area contributed by atoms with Crippen LogP contribution in [0.3, 0.4) is 0 Å². The van der Waals surface area contributed by atoms with Gasteiger partial charge in [-0.25, -0.2) is 29.4 Å². The monoisotopic (exact) mass is 2220 g/mol. The third-order valence-corrected chi connectivity index (χ3v) is 34.8. The number of carbonyl (C=O) groups excluding carboxylic acids is 7. The molecule has 149 heavy (non-hydrogen) atoms. The van der Waals surface area contributed by atoms with E-state index in [9.17, 15) is 56.6 Å². The molecular weight excluding hydrogens is 2090 g/mol. The van der Waals surface area contributed by atoms with E-state index in [4.69, 9.17) is 94.1 Å². The molecule has 0 unspecified atom stereocenters. The summed E-state index contributed by atoms with van der Waals surface area (Å²) in [4.78, 5) is 142. The summed E-state index contributed by atoms with van der Waals surface area (Å²) in [5.41, 5.74) is 5.44. The first kappa shape index (κ1) is 114. The number of hydrogen-bond donors (Lipinski definition) is 4. The number of likely N-dealkylation sites (tertiary alicyclic amines) is 5. The number of hydrogen-bond acceptors (Lipinski definition) is 21. The maximum atomic E-state index is 14.8. The van der Waals surface area contributed by atoms with E-state index in [1.807, 2.05) is 185 Å². The van der Waals surface area contributed by atoms with E-state index in [2.05, 4.69) is 93.0 Å². The quantitative estimate of drug-likeness (QED) is 0.0521. The topological polar surface area (TPSA) is 278 Å². The molecule has 6 aromatic rings. The first-order valence-electron chi connectivity index (χ1n) is 51.1. The molecule has 4 N–H and O–H groups in total. The Morgan fingerprint density at radius 3 is 1.00 bits per heavy atom. The SMILES string of the molecule is CC(C)(C)OC(=O)N[C@@H]1CNC[C@H]1CF.CC(C)C1=C(C(=O)N2[C@H](C)CC[C@H]2C(=O)N2C[C@@H](CF)[C@H](N(C)C)C2)SC2=N[C@@](C)(c3ccc(Cl)cc3)[C@@H](c3ccc(Cl)cc3)N21.CC(C)C1=C(C(=O)N2[C@H](C)CC[C@H]2C(=O)N2C[C@@H](CF)[C@H](NC(=O)OC(C)(C)C)C2)SC2=N[C@@](C)(c3ccc(Cl)cc3)[C@@H](c3ccc(Cl)cc3)N21.CC(C)C1=C(C(=O)N2[C@H](C)CC[C@H]2C(=O)O)SC2=N[C@@](C)(c3ccc(Cl)cc3)[C@@H](c3ccc(Cl)cc3)N21. The fraction of sp³-hybridized carbons (Fsp3) is 0.523. The van der Waals surface area contributed by atoms with Crippen LogP contribution in [0, 0.1) is 35.5 Å². The molecule has 12 aliphatic rings. The first-order valence-corrected chi connectivity index (χ1v) is 55.8. The van der Waals surface area contributed by atoms with Gasteiger partial charge >= 0.3 is 18.2 Å². The van der Waals surface area contributed by atoms with Crippen LogP contribution < -0.4 is 16.0 Å². The van der Waals surface area contributed by atoms with E-state index in [0.717, 1.165) is 72.4 Å². The summed E-state index contributed by atoms with van der Waals surface area (Å²) in [6.07, 6.45) is 2.49. The number of nitrogens with zero attached hydrogens (tertiary/aromatic N) is 12. The Labute approximate surface area is 915 Å². The molecule has 0 bridgehead atoms. The average molecular weight is 2220 g/mol. The number of nitrogens with one attached hydrogen (secondary N) is 3. The van der Waals surface area contributed by atoms with Gasteiger partial charge in [-0.1, -0.05) is 184 Å². The van der Waals surface area contributed by atoms with Crippen molar-refractivity contribution in [3.05, 3.63) is 241 Å². The number of carboxylic acids is 1. The van der Waals surface area contributed by atoms with Gasteiger partial charge in [-0.05, 0) is 295 Å². The van der Waals surface area contributed by atoms with Crippen molar-refractivity contribution in [3.63, 3.8) is 0 Å². The molecule has 0 aliphatic carbocycles. The van der Waals surface area contributed by atoms with E-state index in [-0.39, 0.29) is 121 Å². The zero-order valence-electron chi connectivity index (χ0n) is 87.9. The highest BCUT2D eigenvalue weighted by Crippen LogP contribution is 2.61. The molecule has 802 valence electrons. The van der Waals surface area contributed by atoms with Crippen LogP contribution in [0.4, 0.5) is 22.8 Å². The van der Waals surface area contributed by atoms with Crippen LogP contribution in [0.25, 0.3) is 0 Å². The van der Waals surface area contributed by atoms with Gasteiger partial charge in [0.2, 0.25) is 11.8 Å². The van der Waals surface area contributed by atoms with Gasteiger partial charge in [-0.2, -0.15) is 0 Å². The number of halogens is 9. The molecule has 0 spiro atoms. The molecule has 0 aromatic heterocycles. The van der Waals surface area contributed by atoms with Crippen molar-refractivity contribution in [2.45, 2.75) is 263 Å². The number of alkyl halides is 3. The highest BCUT2D eigenvalue weighted by Gasteiger charge is 2.60. The second-order valence-corrected chi connectivity index (χ2v) is 49.8. The Hall–Kier alpha value is -9.19. The molecule has 18 atom stereocenters. The molecule has 12 aliphatic heterocycles. The second kappa shape index (κ2) is 46.2.